The number of aromatic nitrogens is 1. The van der Waals surface area contributed by atoms with Crippen LogP contribution in [0.3, 0.4) is 0 Å². The smallest absolute Gasteiger partial charge is 0.483 e. The number of para-hydroxylation sites is 1. The van der Waals surface area contributed by atoms with Crippen molar-refractivity contribution in [2.45, 2.75) is 51.0 Å². The zero-order valence-electron chi connectivity index (χ0n) is 29.3. The van der Waals surface area contributed by atoms with Gasteiger partial charge < -0.3 is 30.3 Å². The van der Waals surface area contributed by atoms with Gasteiger partial charge in [-0.15, -0.1) is 0 Å². The van der Waals surface area contributed by atoms with Gasteiger partial charge in [0.25, 0.3) is 6.47 Å². The van der Waals surface area contributed by atoms with Gasteiger partial charge in [0.1, 0.15) is 0 Å². The Kier molecular flexibility index (Phi) is 18.3. The van der Waals surface area contributed by atoms with Gasteiger partial charge >= 0.3 is 18.8 Å². The molecule has 9 nitrogen and oxygen atoms in total. The van der Waals surface area contributed by atoms with E-state index in [-0.39, 0.29) is 24.3 Å². The number of hydrogen-bond donors (Lipinski definition) is 4. The van der Waals surface area contributed by atoms with Crippen molar-refractivity contribution >= 4 is 46.5 Å². The molecule has 0 bridgehead atoms. The maximum absolute atomic E-state index is 14.5. The number of benzene rings is 3. The number of alkyl halides is 6. The highest BCUT2D eigenvalue weighted by atomic mass is 35.5. The molecule has 1 aliphatic rings. The minimum atomic E-state index is -5.08. The second-order valence-electron chi connectivity index (χ2n) is 12.3. The Balaban J connectivity index is 0.000000595. The number of aliphatic carboxylic acids is 1. The summed E-state index contributed by atoms with van der Waals surface area (Å²) in [6.45, 7) is 0.643. The van der Waals surface area contributed by atoms with Gasteiger partial charge in [-0.3, -0.25) is 9.59 Å². The third-order valence-electron chi connectivity index (χ3n) is 8.14. The number of hydrogen-bond acceptors (Lipinski definition) is 5. The van der Waals surface area contributed by atoms with Crippen molar-refractivity contribution in [3.05, 3.63) is 101 Å². The molecule has 1 aromatic heterocycles. The molecule has 0 saturated heterocycles. The predicted octanol–water partition coefficient (Wildman–Crippen LogP) is 7.80. The van der Waals surface area contributed by atoms with Crippen LogP contribution in [-0.2, 0) is 27.2 Å². The van der Waals surface area contributed by atoms with E-state index >= 15 is 0 Å². The van der Waals surface area contributed by atoms with Gasteiger partial charge in [-0.25, -0.2) is 4.79 Å². The molecular weight excluding hydrogens is 730 g/mol. The number of carboxylic acids is 1. The molecule has 0 radical (unpaired) electrons. The third-order valence-corrected chi connectivity index (χ3v) is 8.38. The number of aryl methyl sites for hydroxylation is 1. The third kappa shape index (κ3) is 14.7. The first kappa shape index (κ1) is 44.6. The van der Waals surface area contributed by atoms with Crippen LogP contribution >= 0.6 is 11.6 Å². The standard InChI is InChI=1S/C33H39ClN4O.C2HF3O2.CHF3.CH2O2/c1-23(29-20-36-30-14-8-7-13-28(29)30)32(35-17-9-12-24-10-5-4-6-11-24)33(39)38-22-25(21-37(2)3)18-26-19-27(34)15-16-31(26)38;3-2(4,5)1(6)7;2-1(3)4;2-1-3/h4-8,10-11,13-16,19-20,23,25,32,35-36H,9,12,17-18,21-22H2,1-3H3;(H,6,7);1H;1H,(H,2,3)/t23?,25-,32?;;;/m1.../s1. The molecule has 0 saturated carbocycles. The van der Waals surface area contributed by atoms with E-state index in [0.717, 1.165) is 59.7 Å². The molecule has 3 atom stereocenters. The van der Waals surface area contributed by atoms with Crippen molar-refractivity contribution in [3.63, 3.8) is 0 Å². The van der Waals surface area contributed by atoms with Gasteiger partial charge in [0, 0.05) is 46.8 Å². The van der Waals surface area contributed by atoms with Crippen LogP contribution in [0.25, 0.3) is 10.9 Å². The number of anilines is 1. The van der Waals surface area contributed by atoms with Crippen LogP contribution in [0.2, 0.25) is 5.02 Å². The molecule has 0 aliphatic carbocycles. The van der Waals surface area contributed by atoms with Crippen molar-refractivity contribution in [1.29, 1.82) is 0 Å². The van der Waals surface area contributed by atoms with Crippen molar-refractivity contribution in [3.8, 4) is 0 Å². The number of rotatable bonds is 10. The van der Waals surface area contributed by atoms with Crippen LogP contribution in [0.15, 0.2) is 79.0 Å². The second kappa shape index (κ2) is 21.8. The number of aromatic amines is 1. The molecule has 0 fully saturated rings. The molecule has 16 heteroatoms. The zero-order valence-corrected chi connectivity index (χ0v) is 30.1. The zero-order chi connectivity index (χ0) is 39.7. The van der Waals surface area contributed by atoms with E-state index in [4.69, 9.17) is 31.4 Å². The Morgan fingerprint density at radius 1 is 1.06 bits per heavy atom. The highest BCUT2D eigenvalue weighted by molar-refractivity contribution is 6.30. The van der Waals surface area contributed by atoms with Crippen LogP contribution in [0.5, 0.6) is 0 Å². The van der Waals surface area contributed by atoms with Gasteiger partial charge in [0.2, 0.25) is 5.91 Å². The molecule has 2 unspecified atom stereocenters. The molecule has 4 aromatic rings. The van der Waals surface area contributed by atoms with Crippen molar-refractivity contribution in [2.24, 2.45) is 5.92 Å². The van der Waals surface area contributed by atoms with E-state index in [9.17, 15) is 31.1 Å². The van der Waals surface area contributed by atoms with E-state index in [0.29, 0.717) is 12.5 Å². The Morgan fingerprint density at radius 2 is 1.64 bits per heavy atom. The number of halogens is 7. The number of carbonyl (C=O) groups is 3. The summed E-state index contributed by atoms with van der Waals surface area (Å²) in [6, 6.07) is 24.5. The topological polar surface area (TPSA) is 126 Å². The van der Waals surface area contributed by atoms with Gasteiger partial charge in [-0.05, 0) is 86.8 Å². The normalized spacial score (nSPS) is 14.8. The van der Waals surface area contributed by atoms with E-state index in [2.05, 4.69) is 84.9 Å². The van der Waals surface area contributed by atoms with Crippen LogP contribution in [0, 0.1) is 5.92 Å². The van der Waals surface area contributed by atoms with Gasteiger partial charge in [0.05, 0.1) is 6.04 Å². The Hall–Kier alpha value is -4.60. The minimum absolute atomic E-state index is 0.0182. The maximum Gasteiger partial charge on any atom is 0.490 e. The number of amides is 1. The van der Waals surface area contributed by atoms with Crippen LogP contribution in [-0.4, -0.2) is 91.1 Å². The molecule has 2 heterocycles. The summed E-state index contributed by atoms with van der Waals surface area (Å²) in [5.74, 6) is -2.31. The summed E-state index contributed by atoms with van der Waals surface area (Å²) in [6.07, 6.45) is -0.152. The van der Waals surface area contributed by atoms with E-state index in [1.165, 1.54) is 10.9 Å². The van der Waals surface area contributed by atoms with Crippen molar-refractivity contribution in [1.82, 2.24) is 15.2 Å². The van der Waals surface area contributed by atoms with Gasteiger partial charge in [-0.1, -0.05) is 67.1 Å². The summed E-state index contributed by atoms with van der Waals surface area (Å²) in [4.78, 5) is 39.4. The maximum atomic E-state index is 14.5. The number of carbonyl (C=O) groups excluding carboxylic acids is 1. The largest absolute Gasteiger partial charge is 0.490 e. The Morgan fingerprint density at radius 3 is 2.23 bits per heavy atom. The molecule has 5 rings (SSSR count). The Bertz CT molecular complexity index is 1720. The fourth-order valence-electron chi connectivity index (χ4n) is 6.05. The Labute approximate surface area is 308 Å². The average molecular weight is 773 g/mol. The highest BCUT2D eigenvalue weighted by Crippen LogP contribution is 2.35. The summed E-state index contributed by atoms with van der Waals surface area (Å²) in [5, 5.41) is 19.6. The first-order valence-corrected chi connectivity index (χ1v) is 16.8. The number of H-pyrrole nitrogens is 1. The molecule has 1 aliphatic heterocycles. The SMILES string of the molecule is CC(c1c[nH]c2ccccc12)C(NCCCc1ccccc1)C(=O)N1C[C@@H](CN(C)C)Cc2cc(Cl)ccc21.FC(F)F.O=C(O)C(F)(F)F.O=CO. The lowest BCUT2D eigenvalue weighted by molar-refractivity contribution is -0.192. The average Bonchev–Trinajstić information content (AvgIpc) is 3.52. The lowest BCUT2D eigenvalue weighted by Gasteiger charge is -2.39. The lowest BCUT2D eigenvalue weighted by Crippen LogP contribution is -2.53. The van der Waals surface area contributed by atoms with Crippen molar-refractivity contribution in [2.75, 3.05) is 38.6 Å². The summed E-state index contributed by atoms with van der Waals surface area (Å²) < 4.78 is 60.7. The minimum Gasteiger partial charge on any atom is -0.483 e. The predicted molar refractivity (Wildman–Crippen MR) is 192 cm³/mol. The first-order chi connectivity index (χ1) is 25.0. The summed E-state index contributed by atoms with van der Waals surface area (Å²) in [5.41, 5.74) is 5.72. The quantitative estimate of drug-likeness (QED) is 0.0737. The fraction of sp³-hybridized carbons (Fsp3) is 0.378. The van der Waals surface area contributed by atoms with E-state index < -0.39 is 18.8 Å². The number of nitrogens with zero attached hydrogens (tertiary/aromatic N) is 2. The van der Waals surface area contributed by atoms with Crippen LogP contribution in [0.4, 0.5) is 32.0 Å². The summed E-state index contributed by atoms with van der Waals surface area (Å²) in [7, 11) is 4.19. The molecule has 1 amide bonds. The fourth-order valence-corrected chi connectivity index (χ4v) is 6.25. The lowest BCUT2D eigenvalue weighted by atomic mass is 9.88. The van der Waals surface area contributed by atoms with Crippen LogP contribution < -0.4 is 10.2 Å². The second-order valence-corrected chi connectivity index (χ2v) is 12.7. The molecule has 53 heavy (non-hydrogen) atoms. The monoisotopic (exact) mass is 772 g/mol. The molecule has 290 valence electrons. The summed E-state index contributed by atoms with van der Waals surface area (Å²) >= 11 is 6.40. The molecule has 3 aromatic carbocycles. The van der Waals surface area contributed by atoms with Crippen molar-refractivity contribution < 1.29 is 50.9 Å². The number of carboxylic acid groups (broad SMARTS) is 2. The first-order valence-electron chi connectivity index (χ1n) is 16.4. The van der Waals surface area contributed by atoms with E-state index in [1.807, 2.05) is 35.2 Å². The van der Waals surface area contributed by atoms with E-state index in [1.54, 1.807) is 0 Å². The number of nitrogens with one attached hydrogen (secondary N) is 2. The highest BCUT2D eigenvalue weighted by Gasteiger charge is 2.38. The van der Waals surface area contributed by atoms with Crippen LogP contribution in [0.1, 0.15) is 36.0 Å². The molecule has 4 N–H and O–H groups in total. The molecule has 0 spiro atoms. The van der Waals surface area contributed by atoms with Gasteiger partial charge in [0.15, 0.2) is 0 Å². The van der Waals surface area contributed by atoms with Gasteiger partial charge in [-0.2, -0.15) is 26.3 Å². The number of fused-ring (bicyclic) bond motifs is 2. The molecular formula is C37H43ClF6N4O5.